The van der Waals surface area contributed by atoms with Crippen molar-refractivity contribution in [1.29, 1.82) is 0 Å². The second kappa shape index (κ2) is 17.5. The van der Waals surface area contributed by atoms with Crippen LogP contribution in [-0.4, -0.2) is 11.1 Å². The molecule has 0 spiro atoms. The van der Waals surface area contributed by atoms with Gasteiger partial charge in [0.05, 0.1) is 0 Å². The summed E-state index contributed by atoms with van der Waals surface area (Å²) in [6.45, 7) is 2.23. The Bertz CT molecular complexity index is 362. The van der Waals surface area contributed by atoms with Gasteiger partial charge in [0.15, 0.2) is 0 Å². The van der Waals surface area contributed by atoms with Crippen molar-refractivity contribution in [2.75, 3.05) is 0 Å². The van der Waals surface area contributed by atoms with Crippen molar-refractivity contribution in [1.82, 2.24) is 0 Å². The van der Waals surface area contributed by atoms with Crippen molar-refractivity contribution in [2.24, 2.45) is 0 Å². The van der Waals surface area contributed by atoms with Crippen LogP contribution in [0.1, 0.15) is 71.1 Å². The maximum atomic E-state index is 10.3. The molecule has 1 N–H and O–H groups in total. The van der Waals surface area contributed by atoms with Gasteiger partial charge < -0.3 is 5.11 Å². The molecule has 2 heteroatoms. The average Bonchev–Trinajstić information content (AvgIpc) is 2.50. The molecule has 0 unspecified atom stereocenters. The predicted octanol–water partition coefficient (Wildman–Crippen LogP) is 6.22. The van der Waals surface area contributed by atoms with Gasteiger partial charge in [0.2, 0.25) is 0 Å². The highest BCUT2D eigenvalue weighted by Gasteiger charge is 1.92. The molecule has 124 valence electrons. The molecule has 0 bridgehead atoms. The zero-order valence-corrected chi connectivity index (χ0v) is 14.0. The Morgan fingerprint density at radius 3 is 1.64 bits per heavy atom. The highest BCUT2D eigenvalue weighted by atomic mass is 16.4. The molecule has 0 aromatic carbocycles. The van der Waals surface area contributed by atoms with Crippen LogP contribution in [0.5, 0.6) is 0 Å². The lowest BCUT2D eigenvalue weighted by Crippen LogP contribution is -1.92. The monoisotopic (exact) mass is 303 g/mol. The number of carboxylic acids is 1. The van der Waals surface area contributed by atoms with Crippen LogP contribution in [0.4, 0.5) is 0 Å². The van der Waals surface area contributed by atoms with E-state index in [9.17, 15) is 4.79 Å². The van der Waals surface area contributed by atoms with Crippen LogP contribution in [-0.2, 0) is 4.79 Å². The SMILES string of the molecule is [11CH3]CCCC/C=C\C/C=C\C/C=C\C/C=C\CCCC(=O)O. The van der Waals surface area contributed by atoms with Crippen molar-refractivity contribution >= 4 is 5.97 Å². The van der Waals surface area contributed by atoms with E-state index in [0.717, 1.165) is 32.1 Å². The summed E-state index contributed by atoms with van der Waals surface area (Å²) in [5.41, 5.74) is 0. The first-order valence-corrected chi connectivity index (χ1v) is 8.59. The first-order chi connectivity index (χ1) is 10.8. The van der Waals surface area contributed by atoms with Crippen LogP contribution in [0.25, 0.3) is 0 Å². The zero-order chi connectivity index (χ0) is 16.3. The van der Waals surface area contributed by atoms with E-state index in [1.807, 2.05) is 0 Å². The molecule has 0 amide bonds. The number of unbranched alkanes of at least 4 members (excludes halogenated alkanes) is 4. The molecule has 0 aliphatic rings. The quantitative estimate of drug-likeness (QED) is 0.305. The second-order valence-corrected chi connectivity index (χ2v) is 5.37. The molecule has 2 nitrogen and oxygen atoms in total. The Hall–Kier alpha value is -1.57. The van der Waals surface area contributed by atoms with E-state index in [-0.39, 0.29) is 6.42 Å². The summed E-state index contributed by atoms with van der Waals surface area (Å²) in [6, 6.07) is 0. The summed E-state index contributed by atoms with van der Waals surface area (Å²) in [4.78, 5) is 10.3. The van der Waals surface area contributed by atoms with Crippen LogP contribution in [0.3, 0.4) is 0 Å². The average molecular weight is 303 g/mol. The maximum Gasteiger partial charge on any atom is 0.303 e. The van der Waals surface area contributed by atoms with Gasteiger partial charge >= 0.3 is 5.97 Å². The molecular weight excluding hydrogens is 271 g/mol. The van der Waals surface area contributed by atoms with Crippen molar-refractivity contribution < 1.29 is 9.90 Å². The van der Waals surface area contributed by atoms with Crippen molar-refractivity contribution in [3.63, 3.8) is 0 Å². The van der Waals surface area contributed by atoms with Crippen LogP contribution >= 0.6 is 0 Å². The number of hydrogen-bond donors (Lipinski definition) is 1. The predicted molar refractivity (Wildman–Crippen MR) is 96.0 cm³/mol. The Labute approximate surface area is 136 Å². The van der Waals surface area contributed by atoms with Gasteiger partial charge in [-0.2, -0.15) is 0 Å². The van der Waals surface area contributed by atoms with Crippen LogP contribution in [0.2, 0.25) is 0 Å². The van der Waals surface area contributed by atoms with Gasteiger partial charge in [0, 0.05) is 6.42 Å². The van der Waals surface area contributed by atoms with E-state index in [1.54, 1.807) is 0 Å². The number of carbonyl (C=O) groups is 1. The summed E-state index contributed by atoms with van der Waals surface area (Å²) in [7, 11) is 0. The molecule has 0 saturated heterocycles. The van der Waals surface area contributed by atoms with Gasteiger partial charge in [-0.05, 0) is 44.9 Å². The molecule has 0 radical (unpaired) electrons. The second-order valence-electron chi connectivity index (χ2n) is 5.37. The number of aliphatic carboxylic acids is 1. The Kier molecular flexibility index (Phi) is 16.2. The lowest BCUT2D eigenvalue weighted by atomic mass is 10.1. The summed E-state index contributed by atoms with van der Waals surface area (Å²) in [6.07, 6.45) is 27.3. The minimum Gasteiger partial charge on any atom is -0.481 e. The first-order valence-electron chi connectivity index (χ1n) is 8.59. The molecule has 0 rings (SSSR count). The highest BCUT2D eigenvalue weighted by Crippen LogP contribution is 2.01. The van der Waals surface area contributed by atoms with Gasteiger partial charge in [0.1, 0.15) is 0 Å². The van der Waals surface area contributed by atoms with E-state index in [4.69, 9.17) is 5.11 Å². The molecule has 22 heavy (non-hydrogen) atoms. The summed E-state index contributed by atoms with van der Waals surface area (Å²) in [5, 5.41) is 8.49. The summed E-state index contributed by atoms with van der Waals surface area (Å²) in [5.74, 6) is -0.712. The first kappa shape index (κ1) is 20.4. The molecule has 0 aliphatic heterocycles. The molecule has 0 aromatic rings. The Balaban J connectivity index is 3.40. The number of rotatable bonds is 14. The van der Waals surface area contributed by atoms with E-state index < -0.39 is 5.97 Å². The fourth-order valence-electron chi connectivity index (χ4n) is 1.93. The molecule has 0 saturated carbocycles. The number of allylic oxidation sites excluding steroid dienone is 8. The number of hydrogen-bond acceptors (Lipinski definition) is 1. The zero-order valence-electron chi connectivity index (χ0n) is 14.0. The van der Waals surface area contributed by atoms with Gasteiger partial charge in [-0.25, -0.2) is 0 Å². The third kappa shape index (κ3) is 18.4. The lowest BCUT2D eigenvalue weighted by molar-refractivity contribution is -0.137. The van der Waals surface area contributed by atoms with Crippen LogP contribution < -0.4 is 0 Å². The van der Waals surface area contributed by atoms with Gasteiger partial charge in [-0.1, -0.05) is 68.4 Å². The van der Waals surface area contributed by atoms with E-state index in [0.29, 0.717) is 0 Å². The van der Waals surface area contributed by atoms with Crippen LogP contribution in [0, 0.1) is 0 Å². The topological polar surface area (TPSA) is 37.3 Å². The molecule has 0 aromatic heterocycles. The van der Waals surface area contributed by atoms with Crippen molar-refractivity contribution in [3.8, 4) is 0 Å². The third-order valence-corrected chi connectivity index (χ3v) is 3.22. The third-order valence-electron chi connectivity index (χ3n) is 3.22. The van der Waals surface area contributed by atoms with Crippen molar-refractivity contribution in [2.45, 2.75) is 71.1 Å². The molecule has 0 aliphatic carbocycles. The fraction of sp³-hybridized carbons (Fsp3) is 0.550. The largest absolute Gasteiger partial charge is 0.481 e. The highest BCUT2D eigenvalue weighted by molar-refractivity contribution is 5.66. The smallest absolute Gasteiger partial charge is 0.303 e. The minimum atomic E-state index is -0.712. The van der Waals surface area contributed by atoms with Crippen LogP contribution in [0.15, 0.2) is 48.6 Å². The summed E-state index contributed by atoms with van der Waals surface area (Å²) < 4.78 is 0. The fourth-order valence-corrected chi connectivity index (χ4v) is 1.93. The minimum absolute atomic E-state index is 0.262. The van der Waals surface area contributed by atoms with Crippen molar-refractivity contribution in [3.05, 3.63) is 48.6 Å². The molecule has 0 atom stereocenters. The normalized spacial score (nSPS) is 12.4. The maximum absolute atomic E-state index is 10.3. The Morgan fingerprint density at radius 2 is 1.18 bits per heavy atom. The van der Waals surface area contributed by atoms with Gasteiger partial charge in [-0.3, -0.25) is 4.79 Å². The molecular formula is C20H32O2. The molecule has 0 fully saturated rings. The standard InChI is InChI=1S/C20H32O2/c1-2-3-4-5-6-7-8-9-10-11-12-13-14-15-16-17-18-19-20(21)22/h6-7,9-10,12-13,15-16H,2-5,8,11,14,17-19H2,1H3,(H,21,22)/b7-6-,10-9-,13-12-,16-15-/i1-1. The lowest BCUT2D eigenvalue weighted by Gasteiger charge is -1.90. The molecule has 0 heterocycles. The van der Waals surface area contributed by atoms with E-state index in [2.05, 4.69) is 55.5 Å². The van der Waals surface area contributed by atoms with Gasteiger partial charge in [-0.15, -0.1) is 0 Å². The van der Waals surface area contributed by atoms with Gasteiger partial charge in [0.25, 0.3) is 0 Å². The number of carboxylic acid groups (broad SMARTS) is 1. The Morgan fingerprint density at radius 1 is 0.727 bits per heavy atom. The van der Waals surface area contributed by atoms with E-state index in [1.165, 1.54) is 25.7 Å². The van der Waals surface area contributed by atoms with E-state index >= 15 is 0 Å². The summed E-state index contributed by atoms with van der Waals surface area (Å²) >= 11 is 0.